The van der Waals surface area contributed by atoms with Crippen molar-refractivity contribution in [2.75, 3.05) is 13.1 Å². The molecular weight excluding hydrogens is 387 g/mol. The van der Waals surface area contributed by atoms with E-state index < -0.39 is 5.60 Å². The molecule has 6 heteroatoms. The second kappa shape index (κ2) is 6.63. The molecule has 2 aromatic rings. The Morgan fingerprint density at radius 3 is 2.48 bits per heavy atom. The molecule has 1 aliphatic rings. The molecule has 0 unspecified atom stereocenters. The minimum Gasteiger partial charge on any atom is -0.444 e. The Hall–Kier alpha value is -1.56. The standard InChI is InChI=1S/C19H24BrFN2O2/c1-19(2,3)25-18(24)23-7-5-12(6-8-23)16-10-13-9-15(21)14(20)11-17(13)22(16)4/h9-12H,5-8H2,1-4H3. The van der Waals surface area contributed by atoms with E-state index >= 15 is 0 Å². The van der Waals surface area contributed by atoms with Gasteiger partial charge >= 0.3 is 6.09 Å². The van der Waals surface area contributed by atoms with Crippen LogP contribution in [0.2, 0.25) is 0 Å². The Bertz CT molecular complexity index is 802. The number of halogens is 2. The van der Waals surface area contributed by atoms with E-state index in [0.29, 0.717) is 23.5 Å². The maximum atomic E-state index is 13.8. The number of hydrogen-bond donors (Lipinski definition) is 0. The first-order valence-electron chi connectivity index (χ1n) is 8.58. The molecule has 1 saturated heterocycles. The topological polar surface area (TPSA) is 34.5 Å². The van der Waals surface area contributed by atoms with Crippen molar-refractivity contribution in [1.82, 2.24) is 9.47 Å². The van der Waals surface area contributed by atoms with Crippen LogP contribution in [0.25, 0.3) is 10.9 Å². The monoisotopic (exact) mass is 410 g/mol. The number of likely N-dealkylation sites (tertiary alicyclic amines) is 1. The van der Waals surface area contributed by atoms with Crippen LogP contribution in [0, 0.1) is 5.82 Å². The van der Waals surface area contributed by atoms with Gasteiger partial charge in [-0.2, -0.15) is 0 Å². The normalized spacial score (nSPS) is 16.5. The van der Waals surface area contributed by atoms with E-state index in [4.69, 9.17) is 4.74 Å². The first-order chi connectivity index (χ1) is 11.7. The second-order valence-electron chi connectivity index (χ2n) is 7.70. The first kappa shape index (κ1) is 18.2. The van der Waals surface area contributed by atoms with E-state index in [-0.39, 0.29) is 11.9 Å². The predicted molar refractivity (Wildman–Crippen MR) is 100 cm³/mol. The minimum absolute atomic E-state index is 0.242. The van der Waals surface area contributed by atoms with Gasteiger partial charge in [0.05, 0.1) is 4.47 Å². The van der Waals surface area contributed by atoms with Gasteiger partial charge in [0.2, 0.25) is 0 Å². The summed E-state index contributed by atoms with van der Waals surface area (Å²) in [4.78, 5) is 14.0. The lowest BCUT2D eigenvalue weighted by atomic mass is 9.93. The molecule has 1 amide bonds. The van der Waals surface area contributed by atoms with Crippen LogP contribution in [-0.2, 0) is 11.8 Å². The summed E-state index contributed by atoms with van der Waals surface area (Å²) in [6.45, 7) is 7.00. The average Bonchev–Trinajstić information content (AvgIpc) is 2.83. The van der Waals surface area contributed by atoms with Crippen molar-refractivity contribution >= 4 is 32.9 Å². The van der Waals surface area contributed by atoms with Gasteiger partial charge in [-0.15, -0.1) is 0 Å². The zero-order chi connectivity index (χ0) is 18.4. The van der Waals surface area contributed by atoms with E-state index in [2.05, 4.69) is 26.6 Å². The number of benzene rings is 1. The molecule has 1 aromatic carbocycles. The van der Waals surface area contributed by atoms with Gasteiger partial charge in [0.25, 0.3) is 0 Å². The number of hydrogen-bond acceptors (Lipinski definition) is 2. The van der Waals surface area contributed by atoms with Crippen LogP contribution < -0.4 is 0 Å². The van der Waals surface area contributed by atoms with E-state index in [1.165, 1.54) is 5.69 Å². The number of carbonyl (C=O) groups excluding carboxylic acids is 1. The third-order valence-corrected chi connectivity index (χ3v) is 5.29. The van der Waals surface area contributed by atoms with E-state index in [1.54, 1.807) is 11.0 Å². The second-order valence-corrected chi connectivity index (χ2v) is 8.55. The van der Waals surface area contributed by atoms with Gasteiger partial charge in [0, 0.05) is 42.7 Å². The van der Waals surface area contributed by atoms with Crippen LogP contribution in [0.3, 0.4) is 0 Å². The van der Waals surface area contributed by atoms with Crippen LogP contribution in [-0.4, -0.2) is 34.3 Å². The summed E-state index contributed by atoms with van der Waals surface area (Å²) in [6.07, 6.45) is 1.52. The Kier molecular flexibility index (Phi) is 4.84. The van der Waals surface area contributed by atoms with Gasteiger partial charge in [-0.3, -0.25) is 0 Å². The van der Waals surface area contributed by atoms with E-state index in [0.717, 1.165) is 23.7 Å². The molecule has 25 heavy (non-hydrogen) atoms. The quantitative estimate of drug-likeness (QED) is 0.647. The summed E-state index contributed by atoms with van der Waals surface area (Å²) < 4.78 is 21.9. The maximum Gasteiger partial charge on any atom is 0.410 e. The lowest BCUT2D eigenvalue weighted by Crippen LogP contribution is -2.41. The lowest BCUT2D eigenvalue weighted by Gasteiger charge is -2.33. The fourth-order valence-electron chi connectivity index (χ4n) is 3.43. The lowest BCUT2D eigenvalue weighted by molar-refractivity contribution is 0.0203. The van der Waals surface area contributed by atoms with Crippen molar-refractivity contribution in [2.24, 2.45) is 7.05 Å². The summed E-state index contributed by atoms with van der Waals surface area (Å²) in [5.74, 6) is 0.113. The third kappa shape index (κ3) is 3.84. The van der Waals surface area contributed by atoms with Crippen LogP contribution >= 0.6 is 15.9 Å². The van der Waals surface area contributed by atoms with Crippen molar-refractivity contribution in [3.05, 3.63) is 34.2 Å². The highest BCUT2D eigenvalue weighted by molar-refractivity contribution is 9.10. The first-order valence-corrected chi connectivity index (χ1v) is 9.37. The number of piperidine rings is 1. The average molecular weight is 411 g/mol. The van der Waals surface area contributed by atoms with Crippen molar-refractivity contribution in [2.45, 2.75) is 45.1 Å². The molecule has 4 nitrogen and oxygen atoms in total. The number of aromatic nitrogens is 1. The molecular formula is C19H24BrFN2O2. The maximum absolute atomic E-state index is 13.8. The minimum atomic E-state index is -0.471. The molecule has 3 rings (SSSR count). The highest BCUT2D eigenvalue weighted by Crippen LogP contribution is 2.34. The number of aryl methyl sites for hydroxylation is 1. The van der Waals surface area contributed by atoms with Crippen molar-refractivity contribution in [3.8, 4) is 0 Å². The Morgan fingerprint density at radius 1 is 1.24 bits per heavy atom. The van der Waals surface area contributed by atoms with Crippen LogP contribution in [0.4, 0.5) is 9.18 Å². The van der Waals surface area contributed by atoms with E-state index in [9.17, 15) is 9.18 Å². The summed E-state index contributed by atoms with van der Waals surface area (Å²) in [7, 11) is 2.02. The van der Waals surface area contributed by atoms with Gasteiger partial charge in [-0.05, 0) is 67.7 Å². The fourth-order valence-corrected chi connectivity index (χ4v) is 3.76. The number of amides is 1. The molecule has 1 aromatic heterocycles. The molecule has 0 saturated carbocycles. The van der Waals surface area contributed by atoms with Gasteiger partial charge in [0.15, 0.2) is 0 Å². The molecule has 0 spiro atoms. The zero-order valence-corrected chi connectivity index (χ0v) is 16.7. The van der Waals surface area contributed by atoms with Crippen molar-refractivity contribution in [3.63, 3.8) is 0 Å². The highest BCUT2D eigenvalue weighted by Gasteiger charge is 2.28. The number of nitrogens with zero attached hydrogens (tertiary/aromatic N) is 2. The summed E-state index contributed by atoms with van der Waals surface area (Å²) in [5.41, 5.74) is 1.73. The van der Waals surface area contributed by atoms with Gasteiger partial charge in [-0.25, -0.2) is 9.18 Å². The number of rotatable bonds is 1. The zero-order valence-electron chi connectivity index (χ0n) is 15.1. The molecule has 0 atom stereocenters. The molecule has 0 bridgehead atoms. The van der Waals surface area contributed by atoms with Gasteiger partial charge < -0.3 is 14.2 Å². The smallest absolute Gasteiger partial charge is 0.410 e. The molecule has 0 N–H and O–H groups in total. The Labute approximate surface area is 156 Å². The molecule has 2 heterocycles. The number of carbonyl (C=O) groups is 1. The Balaban J connectivity index is 1.74. The van der Waals surface area contributed by atoms with E-state index in [1.807, 2.05) is 33.9 Å². The summed E-state index contributed by atoms with van der Waals surface area (Å²) >= 11 is 3.26. The highest BCUT2D eigenvalue weighted by atomic mass is 79.9. The molecule has 1 aliphatic heterocycles. The molecule has 136 valence electrons. The van der Waals surface area contributed by atoms with Gasteiger partial charge in [-0.1, -0.05) is 0 Å². The van der Waals surface area contributed by atoms with Gasteiger partial charge in [0.1, 0.15) is 11.4 Å². The summed E-state index contributed by atoms with van der Waals surface area (Å²) in [6, 6.07) is 5.46. The predicted octanol–water partition coefficient (Wildman–Crippen LogP) is 5.19. The Morgan fingerprint density at radius 2 is 1.88 bits per heavy atom. The molecule has 1 fully saturated rings. The molecule has 0 aliphatic carbocycles. The summed E-state index contributed by atoms with van der Waals surface area (Å²) in [5, 5.41) is 0.910. The van der Waals surface area contributed by atoms with Crippen LogP contribution in [0.15, 0.2) is 22.7 Å². The molecule has 0 radical (unpaired) electrons. The fraction of sp³-hybridized carbons (Fsp3) is 0.526. The van der Waals surface area contributed by atoms with Crippen molar-refractivity contribution < 1.29 is 13.9 Å². The van der Waals surface area contributed by atoms with Crippen LogP contribution in [0.5, 0.6) is 0 Å². The van der Waals surface area contributed by atoms with Crippen molar-refractivity contribution in [1.29, 1.82) is 0 Å². The van der Waals surface area contributed by atoms with Crippen LogP contribution in [0.1, 0.15) is 45.2 Å². The third-order valence-electron chi connectivity index (χ3n) is 4.69. The SMILES string of the molecule is Cn1c(C2CCN(C(=O)OC(C)(C)C)CC2)cc2cc(F)c(Br)cc21. The number of ether oxygens (including phenoxy) is 1. The largest absolute Gasteiger partial charge is 0.444 e. The number of fused-ring (bicyclic) bond motifs is 1.